The maximum atomic E-state index is 5.28. The average molecular weight is 211 g/mol. The molecule has 1 N–H and O–H groups in total. The molecule has 0 radical (unpaired) electrons. The third-order valence-electron chi connectivity index (χ3n) is 4.33. The van der Waals surface area contributed by atoms with Crippen molar-refractivity contribution in [3.05, 3.63) is 0 Å². The quantitative estimate of drug-likeness (QED) is 0.728. The fraction of sp³-hybridized carbons (Fsp3) is 1.00. The molecular weight excluding hydrogens is 186 g/mol. The molecule has 2 nitrogen and oxygen atoms in total. The number of hydrogen-bond acceptors (Lipinski definition) is 2. The molecule has 0 aromatic carbocycles. The Morgan fingerprint density at radius 2 is 2.20 bits per heavy atom. The maximum absolute atomic E-state index is 5.28. The third kappa shape index (κ3) is 2.73. The first-order chi connectivity index (χ1) is 7.33. The van der Waals surface area contributed by atoms with Gasteiger partial charge in [-0.3, -0.25) is 0 Å². The molecule has 4 unspecified atom stereocenters. The fourth-order valence-electron chi connectivity index (χ4n) is 3.73. The van der Waals surface area contributed by atoms with Gasteiger partial charge in [-0.15, -0.1) is 0 Å². The maximum Gasteiger partial charge on any atom is 0.0615 e. The van der Waals surface area contributed by atoms with Crippen molar-refractivity contribution in [2.75, 3.05) is 20.3 Å². The normalized spacial score (nSPS) is 36.0. The lowest BCUT2D eigenvalue weighted by Gasteiger charge is -2.26. The van der Waals surface area contributed by atoms with Crippen molar-refractivity contribution in [2.24, 2.45) is 17.8 Å². The molecule has 0 saturated heterocycles. The molecule has 2 heteroatoms. The van der Waals surface area contributed by atoms with Crippen LogP contribution in [0.1, 0.15) is 39.0 Å². The monoisotopic (exact) mass is 211 g/mol. The summed E-state index contributed by atoms with van der Waals surface area (Å²) in [4.78, 5) is 0. The number of fused-ring (bicyclic) bond motifs is 2. The van der Waals surface area contributed by atoms with Crippen LogP contribution < -0.4 is 5.32 Å². The molecule has 0 aliphatic heterocycles. The molecule has 0 amide bonds. The highest BCUT2D eigenvalue weighted by atomic mass is 16.5. The van der Waals surface area contributed by atoms with Crippen LogP contribution >= 0.6 is 0 Å². The van der Waals surface area contributed by atoms with Crippen molar-refractivity contribution >= 4 is 0 Å². The van der Waals surface area contributed by atoms with E-state index in [0.29, 0.717) is 6.04 Å². The van der Waals surface area contributed by atoms with Gasteiger partial charge in [-0.05, 0) is 50.0 Å². The van der Waals surface area contributed by atoms with Crippen molar-refractivity contribution in [3.8, 4) is 0 Å². The summed E-state index contributed by atoms with van der Waals surface area (Å²) in [6.07, 6.45) is 7.37. The van der Waals surface area contributed by atoms with Crippen molar-refractivity contribution in [1.82, 2.24) is 5.32 Å². The predicted molar refractivity (Wildman–Crippen MR) is 62.9 cm³/mol. The Bertz CT molecular complexity index is 189. The van der Waals surface area contributed by atoms with Gasteiger partial charge in [0.15, 0.2) is 0 Å². The summed E-state index contributed by atoms with van der Waals surface area (Å²) in [7, 11) is 1.81. The number of ether oxygens (including phenoxy) is 1. The van der Waals surface area contributed by atoms with Crippen LogP contribution in [0.5, 0.6) is 0 Å². The van der Waals surface area contributed by atoms with Gasteiger partial charge in [0.1, 0.15) is 0 Å². The molecule has 0 heterocycles. The third-order valence-corrected chi connectivity index (χ3v) is 4.33. The van der Waals surface area contributed by atoms with Gasteiger partial charge in [0.05, 0.1) is 6.61 Å². The van der Waals surface area contributed by atoms with Crippen molar-refractivity contribution in [3.63, 3.8) is 0 Å². The van der Waals surface area contributed by atoms with Crippen LogP contribution in [0.15, 0.2) is 0 Å². The Balaban J connectivity index is 1.78. The molecule has 2 rings (SSSR count). The topological polar surface area (TPSA) is 21.3 Å². The van der Waals surface area contributed by atoms with Gasteiger partial charge in [0.25, 0.3) is 0 Å². The number of rotatable bonds is 6. The minimum atomic E-state index is 0.587. The van der Waals surface area contributed by atoms with Crippen LogP contribution in [-0.2, 0) is 4.74 Å². The van der Waals surface area contributed by atoms with E-state index in [0.717, 1.165) is 30.9 Å². The minimum absolute atomic E-state index is 0.587. The minimum Gasteiger partial charge on any atom is -0.383 e. The molecule has 88 valence electrons. The Kier molecular flexibility index (Phi) is 4.04. The standard InChI is InChI=1S/C13H25NO/c1-3-14-13(9-15-2)8-12-7-10-4-5-11(12)6-10/h10-14H,3-9H2,1-2H3. The summed E-state index contributed by atoms with van der Waals surface area (Å²) in [5.74, 6) is 3.11. The van der Waals surface area contributed by atoms with Gasteiger partial charge in [0, 0.05) is 13.2 Å². The second kappa shape index (κ2) is 5.31. The summed E-state index contributed by atoms with van der Waals surface area (Å²) in [6.45, 7) is 4.13. The molecular formula is C13H25NO. The highest BCUT2D eigenvalue weighted by Crippen LogP contribution is 2.49. The zero-order chi connectivity index (χ0) is 10.7. The van der Waals surface area contributed by atoms with Gasteiger partial charge in [0.2, 0.25) is 0 Å². The van der Waals surface area contributed by atoms with Gasteiger partial charge >= 0.3 is 0 Å². The van der Waals surface area contributed by atoms with Gasteiger partial charge < -0.3 is 10.1 Å². The number of methoxy groups -OCH3 is 1. The lowest BCUT2D eigenvalue weighted by molar-refractivity contribution is 0.146. The van der Waals surface area contributed by atoms with Crippen molar-refractivity contribution < 1.29 is 4.74 Å². The second-order valence-electron chi connectivity index (χ2n) is 5.38. The number of nitrogens with one attached hydrogen (secondary N) is 1. The van der Waals surface area contributed by atoms with E-state index in [-0.39, 0.29) is 0 Å². The lowest BCUT2D eigenvalue weighted by Crippen LogP contribution is -2.35. The fourth-order valence-corrected chi connectivity index (χ4v) is 3.73. The molecule has 0 aromatic rings. The molecule has 4 atom stereocenters. The van der Waals surface area contributed by atoms with Gasteiger partial charge in [-0.1, -0.05) is 13.3 Å². The second-order valence-corrected chi connectivity index (χ2v) is 5.38. The highest BCUT2D eigenvalue weighted by molar-refractivity contribution is 4.91. The van der Waals surface area contributed by atoms with Crippen LogP contribution in [0.2, 0.25) is 0 Å². The Morgan fingerprint density at radius 3 is 2.73 bits per heavy atom. The Morgan fingerprint density at radius 1 is 1.33 bits per heavy atom. The smallest absolute Gasteiger partial charge is 0.0615 e. The van der Waals surface area contributed by atoms with E-state index in [1.165, 1.54) is 32.1 Å². The highest BCUT2D eigenvalue weighted by Gasteiger charge is 2.39. The van der Waals surface area contributed by atoms with Crippen LogP contribution in [0.25, 0.3) is 0 Å². The van der Waals surface area contributed by atoms with E-state index in [1.54, 1.807) is 0 Å². The molecule has 0 aromatic heterocycles. The first-order valence-corrected chi connectivity index (χ1v) is 6.55. The van der Waals surface area contributed by atoms with Crippen LogP contribution in [0.3, 0.4) is 0 Å². The lowest BCUT2D eigenvalue weighted by atomic mass is 9.84. The largest absolute Gasteiger partial charge is 0.383 e. The molecule has 15 heavy (non-hydrogen) atoms. The Labute approximate surface area is 93.8 Å². The summed E-state index contributed by atoms with van der Waals surface area (Å²) in [5, 5.41) is 3.54. The first-order valence-electron chi connectivity index (χ1n) is 6.55. The zero-order valence-electron chi connectivity index (χ0n) is 10.2. The average Bonchev–Trinajstić information content (AvgIpc) is 2.80. The summed E-state index contributed by atoms with van der Waals surface area (Å²) in [5.41, 5.74) is 0. The van der Waals surface area contributed by atoms with E-state index in [9.17, 15) is 0 Å². The summed E-state index contributed by atoms with van der Waals surface area (Å²) in [6, 6.07) is 0.587. The number of hydrogen-bond donors (Lipinski definition) is 1. The van der Waals surface area contributed by atoms with Crippen molar-refractivity contribution in [1.29, 1.82) is 0 Å². The SMILES string of the molecule is CCNC(COC)CC1CC2CCC1C2. The van der Waals surface area contributed by atoms with E-state index >= 15 is 0 Å². The Hall–Kier alpha value is -0.0800. The van der Waals surface area contributed by atoms with Gasteiger partial charge in [-0.2, -0.15) is 0 Å². The number of likely N-dealkylation sites (N-methyl/N-ethyl adjacent to an activating group) is 1. The van der Waals surface area contributed by atoms with E-state index < -0.39 is 0 Å². The molecule has 2 saturated carbocycles. The molecule has 2 bridgehead atoms. The summed E-state index contributed by atoms with van der Waals surface area (Å²) < 4.78 is 5.28. The van der Waals surface area contributed by atoms with Crippen LogP contribution in [-0.4, -0.2) is 26.3 Å². The molecule has 2 aliphatic carbocycles. The van der Waals surface area contributed by atoms with E-state index in [2.05, 4.69) is 12.2 Å². The summed E-state index contributed by atoms with van der Waals surface area (Å²) >= 11 is 0. The van der Waals surface area contributed by atoms with Crippen LogP contribution in [0, 0.1) is 17.8 Å². The van der Waals surface area contributed by atoms with Crippen molar-refractivity contribution in [2.45, 2.75) is 45.1 Å². The van der Waals surface area contributed by atoms with E-state index in [4.69, 9.17) is 4.74 Å². The zero-order valence-corrected chi connectivity index (χ0v) is 10.2. The molecule has 2 aliphatic rings. The van der Waals surface area contributed by atoms with Crippen LogP contribution in [0.4, 0.5) is 0 Å². The predicted octanol–water partition coefficient (Wildman–Crippen LogP) is 2.44. The first kappa shape index (κ1) is 11.4. The molecule has 2 fully saturated rings. The molecule has 0 spiro atoms. The van der Waals surface area contributed by atoms with Gasteiger partial charge in [-0.25, -0.2) is 0 Å². The van der Waals surface area contributed by atoms with E-state index in [1.807, 2.05) is 7.11 Å².